The van der Waals surface area contributed by atoms with Gasteiger partial charge in [-0.1, -0.05) is 44.1 Å². The van der Waals surface area contributed by atoms with E-state index in [1.165, 1.54) is 23.4 Å². The highest BCUT2D eigenvalue weighted by Gasteiger charge is 2.41. The summed E-state index contributed by atoms with van der Waals surface area (Å²) in [6.45, 7) is 2.77. The largest absolute Gasteiger partial charge is 0.464 e. The molecule has 0 N–H and O–H groups in total. The van der Waals surface area contributed by atoms with Crippen LogP contribution in [0.25, 0.3) is 0 Å². The monoisotopic (exact) mass is 516 g/mol. The number of halogens is 2. The van der Waals surface area contributed by atoms with E-state index in [0.29, 0.717) is 5.92 Å². The zero-order chi connectivity index (χ0) is 18.2. The van der Waals surface area contributed by atoms with Crippen molar-refractivity contribution in [2.45, 2.75) is 42.1 Å². The minimum absolute atomic E-state index is 0.000714. The Labute approximate surface area is 179 Å². The Kier molecular flexibility index (Phi) is 5.50. The molecule has 4 heterocycles. The highest BCUT2D eigenvalue weighted by atomic mass is 127. The van der Waals surface area contributed by atoms with Crippen LogP contribution in [0.3, 0.4) is 0 Å². The van der Waals surface area contributed by atoms with E-state index >= 15 is 0 Å². The van der Waals surface area contributed by atoms with E-state index in [2.05, 4.69) is 21.1 Å². The van der Waals surface area contributed by atoms with Crippen molar-refractivity contribution < 1.29 is 9.47 Å². The second kappa shape index (κ2) is 8.05. The quantitative estimate of drug-likeness (QED) is 0.526. The van der Waals surface area contributed by atoms with Gasteiger partial charge in [-0.25, -0.2) is 4.99 Å². The molecule has 4 aliphatic rings. The van der Waals surface area contributed by atoms with Crippen LogP contribution in [0.15, 0.2) is 43.9 Å². The molecule has 2 fully saturated rings. The summed E-state index contributed by atoms with van der Waals surface area (Å²) in [5.41, 5.74) is 1.39. The molecule has 0 aliphatic carbocycles. The van der Waals surface area contributed by atoms with Gasteiger partial charge in [0.25, 0.3) is 0 Å². The zero-order valence-electron chi connectivity index (χ0n) is 14.9. The van der Waals surface area contributed by atoms with Gasteiger partial charge in [0.2, 0.25) is 0 Å². The fourth-order valence-corrected chi connectivity index (χ4v) is 8.02. The van der Waals surface area contributed by atoms with Gasteiger partial charge in [0, 0.05) is 35.6 Å². The summed E-state index contributed by atoms with van der Waals surface area (Å²) < 4.78 is 16.1. The van der Waals surface area contributed by atoms with Crippen LogP contribution in [-0.4, -0.2) is 45.7 Å². The first kappa shape index (κ1) is 18.5. The number of hydrogen-bond acceptors (Lipinski definition) is 5. The molecule has 4 nitrogen and oxygen atoms in total. The summed E-state index contributed by atoms with van der Waals surface area (Å²) in [6, 6.07) is 8.13. The van der Waals surface area contributed by atoms with E-state index in [1.807, 2.05) is 12.1 Å². The summed E-state index contributed by atoms with van der Waals surface area (Å²) >= 11 is 7.86. The molecule has 0 amide bonds. The number of rotatable bonds is 4. The molecular formula is C20H22ClIN2O2S. The van der Waals surface area contributed by atoms with Crippen molar-refractivity contribution in [2.75, 3.05) is 19.8 Å². The van der Waals surface area contributed by atoms with Crippen LogP contribution in [-0.2, 0) is 9.47 Å². The Bertz CT molecular complexity index is 805. The molecule has 1 aromatic carbocycles. The minimum atomic E-state index is -0.000714. The van der Waals surface area contributed by atoms with E-state index in [0.717, 1.165) is 43.5 Å². The number of thioether (sulfide) groups is 1. The van der Waals surface area contributed by atoms with E-state index < -0.39 is 0 Å². The predicted octanol–water partition coefficient (Wildman–Crippen LogP) is 5.03. The predicted molar refractivity (Wildman–Crippen MR) is 120 cm³/mol. The summed E-state index contributed by atoms with van der Waals surface area (Å²) in [5.74, 6) is 1.34. The molecule has 0 saturated carbocycles. The first-order valence-corrected chi connectivity index (χ1v) is 13.1. The van der Waals surface area contributed by atoms with Crippen LogP contribution in [0.5, 0.6) is 0 Å². The first-order chi connectivity index (χ1) is 13.3. The summed E-state index contributed by atoms with van der Waals surface area (Å²) in [7, 11) is 0. The molecule has 27 heavy (non-hydrogen) atoms. The fraction of sp³-hybridized carbons (Fsp3) is 0.500. The maximum atomic E-state index is 6.47. The summed E-state index contributed by atoms with van der Waals surface area (Å²) in [6.07, 6.45) is 4.58. The molecule has 2 unspecified atom stereocenters. The van der Waals surface area contributed by atoms with Gasteiger partial charge in [0.05, 0.1) is 9.33 Å². The zero-order valence-corrected chi connectivity index (χ0v) is 18.7. The molecule has 2 saturated heterocycles. The van der Waals surface area contributed by atoms with Crippen LogP contribution < -0.4 is 0 Å². The third-order valence-electron chi connectivity index (χ3n) is 5.36. The standard InChI is InChI=1S/C20H22ClIN2O2S/c21-14-3-5-15(6-4-14)27-20-18(16-12-22-17-2-1-9-24(16)17)23-19(26-20)13-7-10-25-11-8-13/h3-6,12-13,18,20H,1-2,7-11H2. The lowest BCUT2D eigenvalue weighted by Crippen LogP contribution is -2.31. The molecule has 5 rings (SSSR count). The number of hydrogen-bond donors (Lipinski definition) is 0. The van der Waals surface area contributed by atoms with E-state index in [1.54, 1.807) is 15.4 Å². The lowest BCUT2D eigenvalue weighted by atomic mass is 10.0. The van der Waals surface area contributed by atoms with Gasteiger partial charge in [-0.3, -0.25) is 0 Å². The lowest BCUT2D eigenvalue weighted by Gasteiger charge is -2.25. The Balaban J connectivity index is 1.39. The Hall–Kier alpha value is -0.570. The number of aliphatic imine (C=N–C) groups is 1. The van der Waals surface area contributed by atoms with Gasteiger partial charge >= 0.3 is 0 Å². The number of benzene rings is 1. The number of nitrogens with zero attached hydrogens (tertiary/aromatic N) is 2. The highest BCUT2D eigenvalue weighted by molar-refractivity contribution is 14.2. The van der Waals surface area contributed by atoms with Crippen LogP contribution in [0.4, 0.5) is 0 Å². The van der Waals surface area contributed by atoms with Gasteiger partial charge < -0.3 is 14.4 Å². The fourth-order valence-electron chi connectivity index (χ4n) is 3.92. The maximum Gasteiger partial charge on any atom is 0.188 e. The van der Waals surface area contributed by atoms with Crippen molar-refractivity contribution >= 4 is 53.6 Å². The van der Waals surface area contributed by atoms with Crippen molar-refractivity contribution in [3.05, 3.63) is 39.1 Å². The van der Waals surface area contributed by atoms with Crippen molar-refractivity contribution in [2.24, 2.45) is 10.9 Å². The van der Waals surface area contributed by atoms with Crippen LogP contribution in [0.1, 0.15) is 25.7 Å². The average molecular weight is 517 g/mol. The molecule has 0 aromatic heterocycles. The van der Waals surface area contributed by atoms with E-state index in [9.17, 15) is 0 Å². The second-order valence-corrected chi connectivity index (χ2v) is 11.2. The van der Waals surface area contributed by atoms with Gasteiger partial charge in [-0.05, 0) is 54.0 Å². The number of fused-ring (bicyclic) bond motifs is 1. The summed E-state index contributed by atoms with van der Waals surface area (Å²) in [5, 5.41) is 0.766. The normalized spacial score (nSPS) is 28.2. The lowest BCUT2D eigenvalue weighted by molar-refractivity contribution is 0.0766. The van der Waals surface area contributed by atoms with Gasteiger partial charge in [0.15, 0.2) is 11.3 Å². The molecule has 1 aromatic rings. The van der Waals surface area contributed by atoms with E-state index in [4.69, 9.17) is 26.1 Å². The Morgan fingerprint density at radius 3 is 2.81 bits per heavy atom. The molecule has 0 radical (unpaired) electrons. The van der Waals surface area contributed by atoms with Crippen LogP contribution in [0.2, 0.25) is 5.02 Å². The van der Waals surface area contributed by atoms with Crippen molar-refractivity contribution in [3.63, 3.8) is 0 Å². The Morgan fingerprint density at radius 1 is 1.19 bits per heavy atom. The third-order valence-corrected chi connectivity index (χ3v) is 9.53. The van der Waals surface area contributed by atoms with Gasteiger partial charge in [-0.2, -0.15) is 0 Å². The second-order valence-electron chi connectivity index (χ2n) is 7.13. The average Bonchev–Trinajstić information content (AvgIpc) is 3.40. The smallest absolute Gasteiger partial charge is 0.188 e. The molecule has 4 aliphatic heterocycles. The molecule has 144 valence electrons. The molecular weight excluding hydrogens is 495 g/mol. The molecule has 7 heteroatoms. The molecule has 0 bridgehead atoms. The first-order valence-electron chi connectivity index (χ1n) is 9.49. The third kappa shape index (κ3) is 3.82. The summed E-state index contributed by atoms with van der Waals surface area (Å²) in [4.78, 5) is 8.86. The molecule has 2 atom stereocenters. The van der Waals surface area contributed by atoms with Crippen molar-refractivity contribution in [1.82, 2.24) is 4.90 Å². The van der Waals surface area contributed by atoms with Gasteiger partial charge in [0.1, 0.15) is 6.04 Å². The van der Waals surface area contributed by atoms with Crippen molar-refractivity contribution in [3.8, 4) is 0 Å². The van der Waals surface area contributed by atoms with Crippen LogP contribution >= 0.6 is 44.1 Å². The maximum absolute atomic E-state index is 6.47. The van der Waals surface area contributed by atoms with E-state index in [-0.39, 0.29) is 32.2 Å². The topological polar surface area (TPSA) is 34.1 Å². The highest BCUT2D eigenvalue weighted by Crippen LogP contribution is 2.42. The number of ether oxygens (including phenoxy) is 2. The SMILES string of the molecule is Clc1ccc(SC2OC(C3CCOCC3)=NC2C2=CI=C3CCCN23)cc1. The van der Waals surface area contributed by atoms with Gasteiger partial charge in [-0.15, -0.1) is 0 Å². The van der Waals surface area contributed by atoms with Crippen molar-refractivity contribution in [1.29, 1.82) is 0 Å². The Morgan fingerprint density at radius 2 is 2.00 bits per heavy atom. The minimum Gasteiger partial charge on any atom is -0.464 e. The van der Waals surface area contributed by atoms with Crippen LogP contribution in [0, 0.1) is 5.92 Å². The molecule has 0 spiro atoms.